The lowest BCUT2D eigenvalue weighted by molar-refractivity contribution is 0.735. The van der Waals surface area contributed by atoms with E-state index in [9.17, 15) is 0 Å². The fourth-order valence-corrected chi connectivity index (χ4v) is 1.33. The number of nitrogens with zero attached hydrogens (tertiary/aromatic N) is 2. The van der Waals surface area contributed by atoms with Crippen molar-refractivity contribution in [1.29, 1.82) is 5.26 Å². The Morgan fingerprint density at radius 2 is 2.45 bits per heavy atom. The van der Waals surface area contributed by atoms with Crippen LogP contribution in [0.25, 0.3) is 0 Å². The highest BCUT2D eigenvalue weighted by Crippen LogP contribution is 2.16. The Bertz CT molecular complexity index is 307. The molecule has 0 amide bonds. The van der Waals surface area contributed by atoms with E-state index >= 15 is 0 Å². The van der Waals surface area contributed by atoms with Crippen molar-refractivity contribution >= 4 is 0 Å². The van der Waals surface area contributed by atoms with Crippen LogP contribution < -0.4 is 5.32 Å². The van der Waals surface area contributed by atoms with Gasteiger partial charge in [0.25, 0.3) is 0 Å². The number of hydrogen-bond acceptors (Lipinski definition) is 3. The number of aromatic amines is 1. The molecule has 1 aliphatic heterocycles. The topological polar surface area (TPSA) is 64.5 Å². The van der Waals surface area contributed by atoms with Crippen molar-refractivity contribution in [2.45, 2.75) is 19.5 Å². The van der Waals surface area contributed by atoms with Crippen LogP contribution in [0.5, 0.6) is 0 Å². The summed E-state index contributed by atoms with van der Waals surface area (Å²) >= 11 is 0. The second-order valence-corrected chi connectivity index (χ2v) is 2.57. The number of nitriles is 1. The predicted octanol–water partition coefficient (Wildman–Crippen LogP) is 0.0790. The van der Waals surface area contributed by atoms with Crippen molar-refractivity contribution in [3.63, 3.8) is 0 Å². The Balaban J connectivity index is 2.36. The molecule has 11 heavy (non-hydrogen) atoms. The summed E-state index contributed by atoms with van der Waals surface area (Å²) in [5, 5.41) is 18.6. The van der Waals surface area contributed by atoms with E-state index < -0.39 is 0 Å². The lowest BCUT2D eigenvalue weighted by Gasteiger charge is -1.89. The Kier molecular flexibility index (Phi) is 1.37. The number of aromatic nitrogens is 2. The van der Waals surface area contributed by atoms with Crippen LogP contribution in [0.3, 0.4) is 0 Å². The van der Waals surface area contributed by atoms with Crippen LogP contribution in [0.2, 0.25) is 0 Å². The Morgan fingerprint density at radius 3 is 3.27 bits per heavy atom. The fraction of sp³-hybridized carbons (Fsp3) is 0.429. The first-order valence-electron chi connectivity index (χ1n) is 3.54. The van der Waals surface area contributed by atoms with Crippen LogP contribution in [-0.2, 0) is 19.5 Å². The minimum atomic E-state index is 0.410. The Hall–Kier alpha value is -1.34. The van der Waals surface area contributed by atoms with Gasteiger partial charge in [0.1, 0.15) is 0 Å². The molecular formula is C7H8N4. The minimum Gasteiger partial charge on any atom is -0.307 e. The van der Waals surface area contributed by atoms with Crippen LogP contribution in [0.1, 0.15) is 17.0 Å². The molecule has 0 spiro atoms. The Labute approximate surface area is 64.2 Å². The highest BCUT2D eigenvalue weighted by molar-refractivity contribution is 5.29. The highest BCUT2D eigenvalue weighted by Gasteiger charge is 2.16. The van der Waals surface area contributed by atoms with Crippen LogP contribution in [-0.4, -0.2) is 10.2 Å². The highest BCUT2D eigenvalue weighted by atomic mass is 15.2. The monoisotopic (exact) mass is 148 g/mol. The van der Waals surface area contributed by atoms with Gasteiger partial charge in [0, 0.05) is 18.7 Å². The van der Waals surface area contributed by atoms with Gasteiger partial charge in [-0.15, -0.1) is 0 Å². The molecule has 0 aromatic carbocycles. The molecule has 0 unspecified atom stereocenters. The third-order valence-electron chi connectivity index (χ3n) is 1.89. The fourth-order valence-electron chi connectivity index (χ4n) is 1.33. The molecule has 1 aliphatic rings. The van der Waals surface area contributed by atoms with Gasteiger partial charge in [0.2, 0.25) is 0 Å². The van der Waals surface area contributed by atoms with Gasteiger partial charge >= 0.3 is 0 Å². The van der Waals surface area contributed by atoms with Crippen molar-refractivity contribution in [2.24, 2.45) is 0 Å². The van der Waals surface area contributed by atoms with Gasteiger partial charge in [0.05, 0.1) is 23.9 Å². The van der Waals surface area contributed by atoms with E-state index in [0.717, 1.165) is 24.5 Å². The lowest BCUT2D eigenvalue weighted by Crippen LogP contribution is -2.03. The quantitative estimate of drug-likeness (QED) is 0.592. The molecule has 4 heteroatoms. The third-order valence-corrected chi connectivity index (χ3v) is 1.89. The SMILES string of the molecule is N#CCc1n[nH]c2c1CNC2. The molecule has 2 N–H and O–H groups in total. The normalized spacial score (nSPS) is 14.5. The molecule has 0 aliphatic carbocycles. The van der Waals surface area contributed by atoms with Crippen molar-refractivity contribution in [3.8, 4) is 6.07 Å². The molecule has 1 aromatic rings. The van der Waals surface area contributed by atoms with Gasteiger partial charge in [-0.3, -0.25) is 5.10 Å². The molecule has 0 fully saturated rings. The number of hydrogen-bond donors (Lipinski definition) is 2. The second-order valence-electron chi connectivity index (χ2n) is 2.57. The maximum absolute atomic E-state index is 8.45. The summed E-state index contributed by atoms with van der Waals surface area (Å²) in [6.07, 6.45) is 0.410. The third kappa shape index (κ3) is 0.900. The molecular weight excluding hydrogens is 140 g/mol. The van der Waals surface area contributed by atoms with Crippen molar-refractivity contribution in [1.82, 2.24) is 15.5 Å². The number of rotatable bonds is 1. The summed E-state index contributed by atoms with van der Waals surface area (Å²) in [7, 11) is 0. The first-order valence-corrected chi connectivity index (χ1v) is 3.54. The smallest absolute Gasteiger partial charge is 0.0811 e. The van der Waals surface area contributed by atoms with Gasteiger partial charge in [-0.05, 0) is 0 Å². The Morgan fingerprint density at radius 1 is 1.55 bits per heavy atom. The molecule has 0 bridgehead atoms. The van der Waals surface area contributed by atoms with Crippen LogP contribution in [0, 0.1) is 11.3 Å². The van der Waals surface area contributed by atoms with Gasteiger partial charge < -0.3 is 5.32 Å². The molecule has 0 saturated heterocycles. The number of H-pyrrole nitrogens is 1. The van der Waals surface area contributed by atoms with Gasteiger partial charge in [-0.2, -0.15) is 10.4 Å². The van der Waals surface area contributed by atoms with E-state index in [2.05, 4.69) is 21.6 Å². The molecule has 2 rings (SSSR count). The standard InChI is InChI=1S/C7H8N4/c8-2-1-6-5-3-9-4-7(5)11-10-6/h9H,1,3-4H2,(H,10,11). The predicted molar refractivity (Wildman–Crippen MR) is 38.4 cm³/mol. The first kappa shape index (κ1) is 6.38. The van der Waals surface area contributed by atoms with E-state index in [1.807, 2.05) is 0 Å². The maximum atomic E-state index is 8.45. The minimum absolute atomic E-state index is 0.410. The lowest BCUT2D eigenvalue weighted by atomic mass is 10.2. The van der Waals surface area contributed by atoms with Crippen LogP contribution in [0.4, 0.5) is 0 Å². The molecule has 4 nitrogen and oxygen atoms in total. The molecule has 56 valence electrons. The van der Waals surface area contributed by atoms with Gasteiger partial charge in [-0.1, -0.05) is 0 Å². The largest absolute Gasteiger partial charge is 0.307 e. The summed E-state index contributed by atoms with van der Waals surface area (Å²) in [4.78, 5) is 0. The zero-order valence-electron chi connectivity index (χ0n) is 6.02. The van der Waals surface area contributed by atoms with E-state index in [-0.39, 0.29) is 0 Å². The van der Waals surface area contributed by atoms with Crippen molar-refractivity contribution < 1.29 is 0 Å². The zero-order valence-corrected chi connectivity index (χ0v) is 6.02. The van der Waals surface area contributed by atoms with E-state index in [1.165, 1.54) is 5.56 Å². The summed E-state index contributed by atoms with van der Waals surface area (Å²) in [6, 6.07) is 2.09. The summed E-state index contributed by atoms with van der Waals surface area (Å²) in [5.41, 5.74) is 3.22. The summed E-state index contributed by atoms with van der Waals surface area (Å²) < 4.78 is 0. The van der Waals surface area contributed by atoms with E-state index in [1.54, 1.807) is 0 Å². The molecule has 0 saturated carbocycles. The number of nitrogens with one attached hydrogen (secondary N) is 2. The molecule has 1 aromatic heterocycles. The zero-order chi connectivity index (χ0) is 7.68. The van der Waals surface area contributed by atoms with Gasteiger partial charge in [-0.25, -0.2) is 0 Å². The molecule has 2 heterocycles. The van der Waals surface area contributed by atoms with Crippen molar-refractivity contribution in [2.75, 3.05) is 0 Å². The average molecular weight is 148 g/mol. The van der Waals surface area contributed by atoms with E-state index in [4.69, 9.17) is 5.26 Å². The van der Waals surface area contributed by atoms with Crippen LogP contribution in [0.15, 0.2) is 0 Å². The van der Waals surface area contributed by atoms with Gasteiger partial charge in [0.15, 0.2) is 0 Å². The number of fused-ring (bicyclic) bond motifs is 1. The summed E-state index contributed by atoms with van der Waals surface area (Å²) in [5.74, 6) is 0. The maximum Gasteiger partial charge on any atom is 0.0811 e. The van der Waals surface area contributed by atoms with Crippen molar-refractivity contribution in [3.05, 3.63) is 17.0 Å². The summed E-state index contributed by atoms with van der Waals surface area (Å²) in [6.45, 7) is 1.70. The molecule has 0 radical (unpaired) electrons. The average Bonchev–Trinajstić information content (AvgIpc) is 2.53. The van der Waals surface area contributed by atoms with Crippen LogP contribution >= 0.6 is 0 Å². The second kappa shape index (κ2) is 2.36. The van der Waals surface area contributed by atoms with E-state index in [0.29, 0.717) is 6.42 Å². The molecule has 0 atom stereocenters. The first-order chi connectivity index (χ1) is 5.42.